The van der Waals surface area contributed by atoms with Gasteiger partial charge in [-0.1, -0.05) is 25.5 Å². The average molecular weight is 264 g/mol. The summed E-state index contributed by atoms with van der Waals surface area (Å²) in [5, 5.41) is 0. The molecular weight excluding hydrogens is 243 g/mol. The molecule has 2 unspecified atom stereocenters. The fourth-order valence-corrected chi connectivity index (χ4v) is 2.91. The lowest BCUT2D eigenvalue weighted by atomic mass is 9.77. The monoisotopic (exact) mass is 264 g/mol. The number of carbonyl (C=O) groups is 1. The van der Waals surface area contributed by atoms with Crippen LogP contribution in [-0.4, -0.2) is 12.9 Å². The fourth-order valence-electron chi connectivity index (χ4n) is 2.91. The van der Waals surface area contributed by atoms with Gasteiger partial charge in [-0.2, -0.15) is 0 Å². The van der Waals surface area contributed by atoms with Crippen molar-refractivity contribution in [3.8, 4) is 5.75 Å². The Morgan fingerprint density at radius 3 is 2.89 bits per heavy atom. The Kier molecular flexibility index (Phi) is 4.56. The molecule has 1 aliphatic rings. The standard InChI is InChI=1S/C16H21FO2/c1-3-11-7-8-14(18)13(9-11)10-12-5-4-6-15(19-2)16(12)17/h4-6,11,13H,3,7-10H2,1-2H3. The Morgan fingerprint density at radius 1 is 1.42 bits per heavy atom. The van der Waals surface area contributed by atoms with Crippen molar-refractivity contribution >= 4 is 5.78 Å². The van der Waals surface area contributed by atoms with Crippen LogP contribution in [0.3, 0.4) is 0 Å². The fraction of sp³-hybridized carbons (Fsp3) is 0.562. The molecule has 1 saturated carbocycles. The zero-order valence-electron chi connectivity index (χ0n) is 11.6. The Hall–Kier alpha value is -1.38. The topological polar surface area (TPSA) is 26.3 Å². The molecule has 0 saturated heterocycles. The minimum absolute atomic E-state index is 0.0275. The van der Waals surface area contributed by atoms with Gasteiger partial charge < -0.3 is 4.74 Å². The van der Waals surface area contributed by atoms with Crippen molar-refractivity contribution in [2.75, 3.05) is 7.11 Å². The van der Waals surface area contributed by atoms with Crippen LogP contribution in [0.1, 0.15) is 38.2 Å². The maximum atomic E-state index is 14.1. The lowest BCUT2D eigenvalue weighted by molar-refractivity contribution is -0.125. The first-order valence-corrected chi connectivity index (χ1v) is 6.99. The second-order valence-corrected chi connectivity index (χ2v) is 5.35. The third-order valence-corrected chi connectivity index (χ3v) is 4.18. The van der Waals surface area contributed by atoms with Crippen LogP contribution in [0.5, 0.6) is 5.75 Å². The summed E-state index contributed by atoms with van der Waals surface area (Å²) < 4.78 is 19.1. The first-order chi connectivity index (χ1) is 9.15. The highest BCUT2D eigenvalue weighted by Crippen LogP contribution is 2.32. The first kappa shape index (κ1) is 14.0. The van der Waals surface area contributed by atoms with Crippen LogP contribution in [0.15, 0.2) is 18.2 Å². The molecular formula is C16H21FO2. The minimum atomic E-state index is -0.323. The molecule has 0 N–H and O–H groups in total. The number of benzene rings is 1. The van der Waals surface area contributed by atoms with Crippen LogP contribution in [0.4, 0.5) is 4.39 Å². The van der Waals surface area contributed by atoms with E-state index in [2.05, 4.69) is 6.92 Å². The number of hydrogen-bond donors (Lipinski definition) is 0. The second-order valence-electron chi connectivity index (χ2n) is 5.35. The van der Waals surface area contributed by atoms with Crippen molar-refractivity contribution in [3.05, 3.63) is 29.6 Å². The quantitative estimate of drug-likeness (QED) is 0.827. The summed E-state index contributed by atoms with van der Waals surface area (Å²) in [5.41, 5.74) is 0.592. The van der Waals surface area contributed by atoms with E-state index in [1.165, 1.54) is 7.11 Å². The van der Waals surface area contributed by atoms with Gasteiger partial charge in [0.25, 0.3) is 0 Å². The maximum absolute atomic E-state index is 14.1. The molecule has 104 valence electrons. The first-order valence-electron chi connectivity index (χ1n) is 6.99. The highest BCUT2D eigenvalue weighted by atomic mass is 19.1. The van der Waals surface area contributed by atoms with Gasteiger partial charge >= 0.3 is 0 Å². The number of ketones is 1. The van der Waals surface area contributed by atoms with Crippen molar-refractivity contribution in [2.24, 2.45) is 11.8 Å². The molecule has 0 spiro atoms. The Bertz CT molecular complexity index is 456. The van der Waals surface area contributed by atoms with Crippen molar-refractivity contribution in [2.45, 2.75) is 39.0 Å². The molecule has 1 aromatic rings. The number of halogens is 1. The minimum Gasteiger partial charge on any atom is -0.494 e. The van der Waals surface area contributed by atoms with E-state index in [9.17, 15) is 9.18 Å². The second kappa shape index (κ2) is 6.18. The lowest BCUT2D eigenvalue weighted by Crippen LogP contribution is -2.26. The van der Waals surface area contributed by atoms with Crippen molar-refractivity contribution in [3.63, 3.8) is 0 Å². The van der Waals surface area contributed by atoms with Crippen LogP contribution in [0, 0.1) is 17.7 Å². The molecule has 2 rings (SSSR count). The van der Waals surface area contributed by atoms with Crippen LogP contribution >= 0.6 is 0 Å². The van der Waals surface area contributed by atoms with E-state index in [1.54, 1.807) is 18.2 Å². The highest BCUT2D eigenvalue weighted by Gasteiger charge is 2.28. The van der Waals surface area contributed by atoms with E-state index in [4.69, 9.17) is 4.74 Å². The van der Waals surface area contributed by atoms with E-state index >= 15 is 0 Å². The largest absolute Gasteiger partial charge is 0.494 e. The summed E-state index contributed by atoms with van der Waals surface area (Å²) in [6.45, 7) is 2.16. The smallest absolute Gasteiger partial charge is 0.168 e. The zero-order chi connectivity index (χ0) is 13.8. The Balaban J connectivity index is 2.13. The van der Waals surface area contributed by atoms with Crippen molar-refractivity contribution in [1.82, 2.24) is 0 Å². The number of Topliss-reactive ketones (excluding diaryl/α,β-unsaturated/α-hetero) is 1. The van der Waals surface area contributed by atoms with Gasteiger partial charge in [0, 0.05) is 12.3 Å². The molecule has 1 fully saturated rings. The third-order valence-electron chi connectivity index (χ3n) is 4.18. The van der Waals surface area contributed by atoms with E-state index in [-0.39, 0.29) is 23.3 Å². The molecule has 3 heteroatoms. The van der Waals surface area contributed by atoms with Crippen molar-refractivity contribution < 1.29 is 13.9 Å². The summed E-state index contributed by atoms with van der Waals surface area (Å²) in [4.78, 5) is 12.0. The van der Waals surface area contributed by atoms with Crippen molar-refractivity contribution in [1.29, 1.82) is 0 Å². The summed E-state index contributed by atoms with van der Waals surface area (Å²) in [6, 6.07) is 5.14. The molecule has 0 amide bonds. The molecule has 0 radical (unpaired) electrons. The maximum Gasteiger partial charge on any atom is 0.168 e. The van der Waals surface area contributed by atoms with Crippen LogP contribution in [0.25, 0.3) is 0 Å². The summed E-state index contributed by atoms with van der Waals surface area (Å²) in [7, 11) is 1.46. The van der Waals surface area contributed by atoms with Gasteiger partial charge in [-0.15, -0.1) is 0 Å². The highest BCUT2D eigenvalue weighted by molar-refractivity contribution is 5.82. The van der Waals surface area contributed by atoms with E-state index in [0.717, 1.165) is 19.3 Å². The van der Waals surface area contributed by atoms with E-state index in [1.807, 2.05) is 0 Å². The average Bonchev–Trinajstić information content (AvgIpc) is 2.43. The van der Waals surface area contributed by atoms with Gasteiger partial charge in [0.1, 0.15) is 5.78 Å². The van der Waals surface area contributed by atoms with E-state index in [0.29, 0.717) is 24.3 Å². The van der Waals surface area contributed by atoms with Gasteiger partial charge in [0.15, 0.2) is 11.6 Å². The van der Waals surface area contributed by atoms with Gasteiger partial charge in [-0.25, -0.2) is 4.39 Å². The van der Waals surface area contributed by atoms with Gasteiger partial charge in [-0.3, -0.25) is 4.79 Å². The third kappa shape index (κ3) is 3.14. The Labute approximate surface area is 114 Å². The molecule has 0 aromatic heterocycles. The molecule has 0 aliphatic heterocycles. The van der Waals surface area contributed by atoms with Crippen LogP contribution in [0.2, 0.25) is 0 Å². The van der Waals surface area contributed by atoms with Gasteiger partial charge in [-0.05, 0) is 36.8 Å². The molecule has 1 aromatic carbocycles. The number of hydrogen-bond acceptors (Lipinski definition) is 2. The summed E-state index contributed by atoms with van der Waals surface area (Å²) in [5.74, 6) is 0.799. The zero-order valence-corrected chi connectivity index (χ0v) is 11.6. The molecule has 2 atom stereocenters. The number of methoxy groups -OCH3 is 1. The lowest BCUT2D eigenvalue weighted by Gasteiger charge is -2.27. The number of ether oxygens (including phenoxy) is 1. The Morgan fingerprint density at radius 2 is 2.21 bits per heavy atom. The predicted octanol–water partition coefficient (Wildman–Crippen LogP) is 3.77. The summed E-state index contributed by atoms with van der Waals surface area (Å²) in [6.07, 6.45) is 4.13. The van der Waals surface area contributed by atoms with Crippen LogP contribution < -0.4 is 4.74 Å². The molecule has 2 nitrogen and oxygen atoms in total. The predicted molar refractivity (Wildman–Crippen MR) is 72.8 cm³/mol. The number of rotatable bonds is 4. The van der Waals surface area contributed by atoms with Gasteiger partial charge in [0.2, 0.25) is 0 Å². The molecule has 0 heterocycles. The molecule has 1 aliphatic carbocycles. The molecule has 0 bridgehead atoms. The number of carbonyl (C=O) groups excluding carboxylic acids is 1. The SMILES string of the molecule is CCC1CCC(=O)C(Cc2cccc(OC)c2F)C1. The van der Waals surface area contributed by atoms with Gasteiger partial charge in [0.05, 0.1) is 7.11 Å². The molecule has 19 heavy (non-hydrogen) atoms. The van der Waals surface area contributed by atoms with Crippen LogP contribution in [-0.2, 0) is 11.2 Å². The normalized spacial score (nSPS) is 23.4. The van der Waals surface area contributed by atoms with E-state index < -0.39 is 0 Å². The summed E-state index contributed by atoms with van der Waals surface area (Å²) >= 11 is 0.